The fourth-order valence-electron chi connectivity index (χ4n) is 3.29. The molecule has 3 heteroatoms. The molecule has 3 nitrogen and oxygen atoms in total. The van der Waals surface area contributed by atoms with Crippen LogP contribution in [0.25, 0.3) is 0 Å². The van der Waals surface area contributed by atoms with Crippen LogP contribution in [0.4, 0.5) is 0 Å². The van der Waals surface area contributed by atoms with Crippen LogP contribution in [-0.4, -0.2) is 24.9 Å². The number of fused-ring (bicyclic) bond motifs is 1. The van der Waals surface area contributed by atoms with Gasteiger partial charge in [-0.05, 0) is 74.2 Å². The summed E-state index contributed by atoms with van der Waals surface area (Å²) < 4.78 is 0. The van der Waals surface area contributed by atoms with E-state index in [0.717, 1.165) is 30.5 Å². The van der Waals surface area contributed by atoms with Crippen LogP contribution in [0.3, 0.4) is 0 Å². The Bertz CT molecular complexity index is 704. The molecular weight excluding hydrogens is 296 g/mol. The molecule has 1 N–H and O–H groups in total. The maximum atomic E-state index is 12.4. The lowest BCUT2D eigenvalue weighted by atomic mass is 9.90. The van der Waals surface area contributed by atoms with Crippen LogP contribution in [0.1, 0.15) is 45.5 Å². The Morgan fingerprint density at radius 2 is 1.62 bits per heavy atom. The van der Waals surface area contributed by atoms with Gasteiger partial charge in [-0.1, -0.05) is 30.3 Å². The lowest BCUT2D eigenvalue weighted by molar-refractivity contribution is 0.0951. The minimum Gasteiger partial charge on any atom is -0.348 e. The van der Waals surface area contributed by atoms with E-state index in [-0.39, 0.29) is 5.91 Å². The number of hydrogen-bond acceptors (Lipinski definition) is 2. The standard InChI is InChI=1S/C21H26N2O/c1-23(2)15-17-9-7-16(8-10-17)14-22-21(24)20-12-11-18-5-3-4-6-19(18)13-20/h7-13H,3-6,14-15H2,1-2H3,(H,22,24). The molecule has 0 bridgehead atoms. The lowest BCUT2D eigenvalue weighted by Crippen LogP contribution is -2.23. The van der Waals surface area contributed by atoms with E-state index >= 15 is 0 Å². The number of hydrogen-bond donors (Lipinski definition) is 1. The number of nitrogens with zero attached hydrogens (tertiary/aromatic N) is 1. The predicted octanol–water partition coefficient (Wildman–Crippen LogP) is 3.56. The summed E-state index contributed by atoms with van der Waals surface area (Å²) >= 11 is 0. The van der Waals surface area contributed by atoms with E-state index in [0.29, 0.717) is 6.54 Å². The molecule has 0 heterocycles. The Kier molecular flexibility index (Phi) is 5.31. The van der Waals surface area contributed by atoms with Crippen molar-refractivity contribution in [2.45, 2.75) is 38.8 Å². The molecule has 3 rings (SSSR count). The van der Waals surface area contributed by atoms with Crippen LogP contribution >= 0.6 is 0 Å². The highest BCUT2D eigenvalue weighted by molar-refractivity contribution is 5.94. The third-order valence-corrected chi connectivity index (χ3v) is 4.59. The number of carbonyl (C=O) groups excluding carboxylic acids is 1. The third-order valence-electron chi connectivity index (χ3n) is 4.59. The van der Waals surface area contributed by atoms with Crippen molar-refractivity contribution in [2.75, 3.05) is 14.1 Å². The largest absolute Gasteiger partial charge is 0.348 e. The first-order valence-corrected chi connectivity index (χ1v) is 8.74. The molecule has 1 aliphatic carbocycles. The maximum absolute atomic E-state index is 12.4. The topological polar surface area (TPSA) is 32.3 Å². The van der Waals surface area contributed by atoms with Crippen molar-refractivity contribution in [1.82, 2.24) is 10.2 Å². The first-order chi connectivity index (χ1) is 11.6. The van der Waals surface area contributed by atoms with E-state index in [1.54, 1.807) is 0 Å². The van der Waals surface area contributed by atoms with Crippen molar-refractivity contribution in [2.24, 2.45) is 0 Å². The molecule has 0 spiro atoms. The second kappa shape index (κ2) is 7.63. The van der Waals surface area contributed by atoms with Crippen molar-refractivity contribution < 1.29 is 4.79 Å². The van der Waals surface area contributed by atoms with E-state index in [2.05, 4.69) is 60.7 Å². The number of carbonyl (C=O) groups is 1. The van der Waals surface area contributed by atoms with Gasteiger partial charge in [-0.25, -0.2) is 0 Å². The van der Waals surface area contributed by atoms with Crippen LogP contribution in [0.15, 0.2) is 42.5 Å². The van der Waals surface area contributed by atoms with Gasteiger partial charge in [0.1, 0.15) is 0 Å². The van der Waals surface area contributed by atoms with E-state index in [4.69, 9.17) is 0 Å². The van der Waals surface area contributed by atoms with E-state index in [1.165, 1.54) is 29.5 Å². The molecule has 0 aromatic heterocycles. The van der Waals surface area contributed by atoms with Crippen LogP contribution in [0, 0.1) is 0 Å². The van der Waals surface area contributed by atoms with Crippen LogP contribution in [0.5, 0.6) is 0 Å². The highest BCUT2D eigenvalue weighted by Crippen LogP contribution is 2.22. The number of rotatable bonds is 5. The van der Waals surface area contributed by atoms with Gasteiger partial charge in [-0.15, -0.1) is 0 Å². The fourth-order valence-corrected chi connectivity index (χ4v) is 3.29. The van der Waals surface area contributed by atoms with Crippen LogP contribution < -0.4 is 5.32 Å². The summed E-state index contributed by atoms with van der Waals surface area (Å²) in [7, 11) is 4.12. The Hall–Kier alpha value is -2.13. The molecule has 126 valence electrons. The molecule has 24 heavy (non-hydrogen) atoms. The Morgan fingerprint density at radius 1 is 0.958 bits per heavy atom. The molecule has 0 aliphatic heterocycles. The second-order valence-corrected chi connectivity index (χ2v) is 6.93. The monoisotopic (exact) mass is 322 g/mol. The number of benzene rings is 2. The van der Waals surface area contributed by atoms with Gasteiger partial charge in [-0.3, -0.25) is 4.79 Å². The molecular formula is C21H26N2O. The number of amides is 1. The molecule has 1 amide bonds. The van der Waals surface area contributed by atoms with Gasteiger partial charge >= 0.3 is 0 Å². The summed E-state index contributed by atoms with van der Waals surface area (Å²) in [5.74, 6) is 0.0146. The average Bonchev–Trinajstić information content (AvgIpc) is 2.60. The summed E-state index contributed by atoms with van der Waals surface area (Å²) in [6.07, 6.45) is 4.75. The summed E-state index contributed by atoms with van der Waals surface area (Å²) in [5, 5.41) is 3.03. The van der Waals surface area contributed by atoms with Crippen molar-refractivity contribution in [3.05, 3.63) is 70.3 Å². The zero-order chi connectivity index (χ0) is 16.9. The normalized spacial score (nSPS) is 13.6. The lowest BCUT2D eigenvalue weighted by Gasteiger charge is -2.16. The summed E-state index contributed by atoms with van der Waals surface area (Å²) in [5.41, 5.74) is 5.95. The number of nitrogens with one attached hydrogen (secondary N) is 1. The highest BCUT2D eigenvalue weighted by Gasteiger charge is 2.12. The molecule has 0 fully saturated rings. The Labute approximate surface area is 144 Å². The van der Waals surface area contributed by atoms with Gasteiger partial charge in [0.2, 0.25) is 0 Å². The first-order valence-electron chi connectivity index (χ1n) is 8.74. The summed E-state index contributed by atoms with van der Waals surface area (Å²) in [6.45, 7) is 1.50. The minimum atomic E-state index is 0.0146. The third kappa shape index (κ3) is 4.24. The smallest absolute Gasteiger partial charge is 0.251 e. The van der Waals surface area contributed by atoms with Gasteiger partial charge in [-0.2, -0.15) is 0 Å². The molecule has 0 saturated heterocycles. The van der Waals surface area contributed by atoms with Crippen molar-refractivity contribution in [3.8, 4) is 0 Å². The molecule has 2 aromatic rings. The molecule has 0 saturated carbocycles. The van der Waals surface area contributed by atoms with Crippen molar-refractivity contribution in [3.63, 3.8) is 0 Å². The molecule has 0 unspecified atom stereocenters. The van der Waals surface area contributed by atoms with Crippen LogP contribution in [-0.2, 0) is 25.9 Å². The van der Waals surface area contributed by atoms with Crippen molar-refractivity contribution in [1.29, 1.82) is 0 Å². The summed E-state index contributed by atoms with van der Waals surface area (Å²) in [4.78, 5) is 14.5. The molecule has 2 aromatic carbocycles. The van der Waals surface area contributed by atoms with E-state index in [1.807, 2.05) is 6.07 Å². The van der Waals surface area contributed by atoms with Gasteiger partial charge in [0.05, 0.1) is 0 Å². The van der Waals surface area contributed by atoms with Crippen molar-refractivity contribution >= 4 is 5.91 Å². The Balaban J connectivity index is 1.59. The van der Waals surface area contributed by atoms with E-state index in [9.17, 15) is 4.79 Å². The zero-order valence-corrected chi connectivity index (χ0v) is 14.6. The zero-order valence-electron chi connectivity index (χ0n) is 14.6. The second-order valence-electron chi connectivity index (χ2n) is 6.93. The fraction of sp³-hybridized carbons (Fsp3) is 0.381. The maximum Gasteiger partial charge on any atom is 0.251 e. The number of aryl methyl sites for hydroxylation is 2. The predicted molar refractivity (Wildman–Crippen MR) is 98.1 cm³/mol. The van der Waals surface area contributed by atoms with Crippen LogP contribution in [0.2, 0.25) is 0 Å². The van der Waals surface area contributed by atoms with Gasteiger partial charge in [0, 0.05) is 18.7 Å². The first kappa shape index (κ1) is 16.7. The van der Waals surface area contributed by atoms with Gasteiger partial charge < -0.3 is 10.2 Å². The van der Waals surface area contributed by atoms with Gasteiger partial charge in [0.15, 0.2) is 0 Å². The quantitative estimate of drug-likeness (QED) is 0.913. The highest BCUT2D eigenvalue weighted by atomic mass is 16.1. The minimum absolute atomic E-state index is 0.0146. The molecule has 0 radical (unpaired) electrons. The SMILES string of the molecule is CN(C)Cc1ccc(CNC(=O)c2ccc3c(c2)CCCC3)cc1. The summed E-state index contributed by atoms with van der Waals surface area (Å²) in [6, 6.07) is 14.6. The Morgan fingerprint density at radius 3 is 2.33 bits per heavy atom. The van der Waals surface area contributed by atoms with E-state index < -0.39 is 0 Å². The molecule has 0 atom stereocenters. The molecule has 1 aliphatic rings. The van der Waals surface area contributed by atoms with Gasteiger partial charge in [0.25, 0.3) is 5.91 Å². The average molecular weight is 322 g/mol.